The molecule has 1 aromatic carbocycles. The number of imide groups is 2. The van der Waals surface area contributed by atoms with Crippen molar-refractivity contribution < 1.29 is 23.9 Å². The van der Waals surface area contributed by atoms with Crippen molar-refractivity contribution in [3.05, 3.63) is 22.7 Å². The van der Waals surface area contributed by atoms with Gasteiger partial charge in [-0.1, -0.05) is 24.9 Å². The minimum absolute atomic E-state index is 0.0393. The Hall–Kier alpha value is -2.28. The zero-order valence-corrected chi connectivity index (χ0v) is 14.7. The fourth-order valence-corrected chi connectivity index (χ4v) is 3.05. The Morgan fingerprint density at radius 3 is 2.56 bits per heavy atom. The Balaban J connectivity index is 1.81. The van der Waals surface area contributed by atoms with E-state index in [1.807, 2.05) is 6.92 Å². The highest BCUT2D eigenvalue weighted by molar-refractivity contribution is 6.44. The van der Waals surface area contributed by atoms with Crippen molar-refractivity contribution in [2.24, 2.45) is 0 Å². The molecule has 4 amide bonds. The summed E-state index contributed by atoms with van der Waals surface area (Å²) < 4.78 is 11.2. The first-order chi connectivity index (χ1) is 12.0. The number of hydrogen-bond acceptors (Lipinski definition) is 5. The normalized spacial score (nSPS) is 17.3. The van der Waals surface area contributed by atoms with Crippen LogP contribution in [0.4, 0.5) is 4.79 Å². The predicted octanol–water partition coefficient (Wildman–Crippen LogP) is 2.59. The molecule has 0 aliphatic carbocycles. The molecule has 0 saturated carbocycles. The summed E-state index contributed by atoms with van der Waals surface area (Å²) in [5.41, 5.74) is 0.598. The molecule has 0 atom stereocenters. The molecule has 2 aliphatic heterocycles. The fourth-order valence-electron chi connectivity index (χ4n) is 2.76. The van der Waals surface area contributed by atoms with Gasteiger partial charge in [0.25, 0.3) is 0 Å². The van der Waals surface area contributed by atoms with E-state index in [2.05, 4.69) is 0 Å². The average molecular weight is 367 g/mol. The number of urea groups is 1. The number of nitrogens with zero attached hydrogens (tertiary/aromatic N) is 2. The highest BCUT2D eigenvalue weighted by Crippen LogP contribution is 2.38. The van der Waals surface area contributed by atoms with Gasteiger partial charge in [-0.2, -0.15) is 0 Å². The maximum atomic E-state index is 12.4. The zero-order chi connectivity index (χ0) is 18.0. The van der Waals surface area contributed by atoms with Crippen LogP contribution in [-0.4, -0.2) is 47.4 Å². The Morgan fingerprint density at radius 1 is 1.08 bits per heavy atom. The zero-order valence-electron chi connectivity index (χ0n) is 13.9. The summed E-state index contributed by atoms with van der Waals surface area (Å²) in [5.74, 6) is -0.654. The van der Waals surface area contributed by atoms with Gasteiger partial charge in [0.05, 0.1) is 24.8 Å². The number of halogens is 1. The molecule has 3 rings (SSSR count). The molecule has 1 aromatic rings. The van der Waals surface area contributed by atoms with Gasteiger partial charge in [-0.05, 0) is 24.1 Å². The van der Waals surface area contributed by atoms with Crippen molar-refractivity contribution in [1.82, 2.24) is 9.80 Å². The number of unbranched alkanes of at least 4 members (excludes halogenated alkanes) is 1. The van der Waals surface area contributed by atoms with Crippen LogP contribution < -0.4 is 9.47 Å². The number of carbonyl (C=O) groups is 3. The van der Waals surface area contributed by atoms with E-state index >= 15 is 0 Å². The van der Waals surface area contributed by atoms with Gasteiger partial charge in [-0.15, -0.1) is 0 Å². The SMILES string of the molecule is CCCCN1C(=O)C(=O)N(Cc2cc(Cl)c3c(c2)OCCCO3)C1=O. The van der Waals surface area contributed by atoms with Crippen molar-refractivity contribution in [2.75, 3.05) is 19.8 Å². The van der Waals surface area contributed by atoms with Crippen molar-refractivity contribution >= 4 is 29.4 Å². The molecule has 25 heavy (non-hydrogen) atoms. The van der Waals surface area contributed by atoms with Crippen LogP contribution in [0.25, 0.3) is 0 Å². The number of carbonyl (C=O) groups excluding carboxylic acids is 3. The van der Waals surface area contributed by atoms with E-state index in [9.17, 15) is 14.4 Å². The van der Waals surface area contributed by atoms with Crippen molar-refractivity contribution in [2.45, 2.75) is 32.7 Å². The van der Waals surface area contributed by atoms with Crippen LogP contribution in [0, 0.1) is 0 Å². The van der Waals surface area contributed by atoms with Gasteiger partial charge < -0.3 is 9.47 Å². The van der Waals surface area contributed by atoms with Crippen molar-refractivity contribution in [1.29, 1.82) is 0 Å². The number of rotatable bonds is 5. The van der Waals surface area contributed by atoms with E-state index in [1.165, 1.54) is 0 Å². The molecule has 1 fully saturated rings. The van der Waals surface area contributed by atoms with Crippen LogP contribution in [0.5, 0.6) is 11.5 Å². The summed E-state index contributed by atoms with van der Waals surface area (Å²) in [4.78, 5) is 38.5. The third kappa shape index (κ3) is 3.42. The lowest BCUT2D eigenvalue weighted by molar-refractivity contribution is -0.143. The lowest BCUT2D eigenvalue weighted by Gasteiger charge is -2.17. The molecule has 0 spiro atoms. The highest BCUT2D eigenvalue weighted by Gasteiger charge is 2.43. The van der Waals surface area contributed by atoms with Crippen LogP contribution >= 0.6 is 11.6 Å². The molecule has 0 aromatic heterocycles. The van der Waals surface area contributed by atoms with Gasteiger partial charge in [0.2, 0.25) is 0 Å². The summed E-state index contributed by atoms with van der Waals surface area (Å²) in [7, 11) is 0. The topological polar surface area (TPSA) is 76.2 Å². The maximum Gasteiger partial charge on any atom is 0.334 e. The van der Waals surface area contributed by atoms with E-state index in [0.717, 1.165) is 22.6 Å². The molecule has 0 radical (unpaired) electrons. The molecule has 7 nitrogen and oxygen atoms in total. The summed E-state index contributed by atoms with van der Waals surface area (Å²) in [6.07, 6.45) is 2.22. The first-order valence-corrected chi connectivity index (χ1v) is 8.66. The van der Waals surface area contributed by atoms with Gasteiger partial charge in [0.15, 0.2) is 11.5 Å². The lowest BCUT2D eigenvalue weighted by Crippen LogP contribution is -2.33. The van der Waals surface area contributed by atoms with Gasteiger partial charge in [-0.3, -0.25) is 19.4 Å². The monoisotopic (exact) mass is 366 g/mol. The first-order valence-electron chi connectivity index (χ1n) is 8.28. The maximum absolute atomic E-state index is 12.4. The largest absolute Gasteiger partial charge is 0.489 e. The van der Waals surface area contributed by atoms with E-state index in [0.29, 0.717) is 41.7 Å². The smallest absolute Gasteiger partial charge is 0.334 e. The molecule has 134 valence electrons. The second-order valence-corrected chi connectivity index (χ2v) is 6.35. The highest BCUT2D eigenvalue weighted by atomic mass is 35.5. The third-order valence-corrected chi connectivity index (χ3v) is 4.35. The number of amides is 4. The molecule has 2 aliphatic rings. The standard InChI is InChI=1S/C17H19ClN2O5/c1-2-3-5-19-15(21)16(22)20(17(19)23)10-11-8-12(18)14-13(9-11)24-6-4-7-25-14/h8-9H,2-7,10H2,1H3. The summed E-state index contributed by atoms with van der Waals surface area (Å²) in [6, 6.07) is 2.72. The summed E-state index contributed by atoms with van der Waals surface area (Å²) >= 11 is 6.23. The molecule has 2 heterocycles. The predicted molar refractivity (Wildman–Crippen MR) is 89.6 cm³/mol. The molecule has 0 unspecified atom stereocenters. The van der Waals surface area contributed by atoms with Gasteiger partial charge in [-0.25, -0.2) is 4.79 Å². The minimum atomic E-state index is -0.815. The molecule has 0 bridgehead atoms. The lowest BCUT2D eigenvalue weighted by atomic mass is 10.2. The molecular formula is C17H19ClN2O5. The summed E-state index contributed by atoms with van der Waals surface area (Å²) in [5, 5.41) is 0.350. The quantitative estimate of drug-likeness (QED) is 0.591. The van der Waals surface area contributed by atoms with Crippen LogP contribution in [0.15, 0.2) is 12.1 Å². The summed E-state index contributed by atoms with van der Waals surface area (Å²) in [6.45, 7) is 3.17. The minimum Gasteiger partial charge on any atom is -0.489 e. The van der Waals surface area contributed by atoms with E-state index in [4.69, 9.17) is 21.1 Å². The van der Waals surface area contributed by atoms with E-state index < -0.39 is 17.8 Å². The fraction of sp³-hybridized carbons (Fsp3) is 0.471. The van der Waals surface area contributed by atoms with Crippen molar-refractivity contribution in [3.8, 4) is 11.5 Å². The Kier molecular flexibility index (Phi) is 5.13. The van der Waals surface area contributed by atoms with Gasteiger partial charge in [0.1, 0.15) is 0 Å². The first kappa shape index (κ1) is 17.5. The molecule has 1 saturated heterocycles. The number of ether oxygens (including phenoxy) is 2. The van der Waals surface area contributed by atoms with Crippen molar-refractivity contribution in [3.63, 3.8) is 0 Å². The molecule has 8 heteroatoms. The van der Waals surface area contributed by atoms with Gasteiger partial charge in [0, 0.05) is 13.0 Å². The third-order valence-electron chi connectivity index (χ3n) is 4.07. The second kappa shape index (κ2) is 7.31. The Labute approximate surface area is 150 Å². The Bertz CT molecular complexity index is 721. The average Bonchev–Trinajstić information content (AvgIpc) is 2.78. The van der Waals surface area contributed by atoms with Crippen LogP contribution in [0.1, 0.15) is 31.7 Å². The van der Waals surface area contributed by atoms with Crippen LogP contribution in [-0.2, 0) is 16.1 Å². The Morgan fingerprint density at radius 2 is 1.80 bits per heavy atom. The van der Waals surface area contributed by atoms with E-state index in [-0.39, 0.29) is 13.1 Å². The van der Waals surface area contributed by atoms with Crippen LogP contribution in [0.3, 0.4) is 0 Å². The van der Waals surface area contributed by atoms with Gasteiger partial charge >= 0.3 is 17.8 Å². The number of benzene rings is 1. The molecule has 0 N–H and O–H groups in total. The van der Waals surface area contributed by atoms with E-state index in [1.54, 1.807) is 12.1 Å². The number of fused-ring (bicyclic) bond motifs is 1. The molecular weight excluding hydrogens is 348 g/mol. The number of hydrogen-bond donors (Lipinski definition) is 0. The van der Waals surface area contributed by atoms with Crippen LogP contribution in [0.2, 0.25) is 5.02 Å². The second-order valence-electron chi connectivity index (χ2n) is 5.94.